The molecule has 0 fully saturated rings. The number of imidazole rings is 1. The Morgan fingerprint density at radius 3 is 2.23 bits per heavy atom. The maximum atomic E-state index is 6.75. The van der Waals surface area contributed by atoms with Crippen LogP contribution in [0.1, 0.15) is 58.6 Å². The number of furan rings is 1. The van der Waals surface area contributed by atoms with E-state index in [0.717, 1.165) is 56.1 Å². The van der Waals surface area contributed by atoms with Gasteiger partial charge in [0.2, 0.25) is 0 Å². The Balaban J connectivity index is 1.84. The van der Waals surface area contributed by atoms with Gasteiger partial charge in [0.1, 0.15) is 29.4 Å². The summed E-state index contributed by atoms with van der Waals surface area (Å²) in [5.41, 5.74) is 6.76. The maximum Gasteiger partial charge on any atom is 0.292 e. The minimum atomic E-state index is -0.163. The number of fused-ring (bicyclic) bond motifs is 3. The number of rotatable bonds is 2. The Morgan fingerprint density at radius 2 is 1.60 bits per heavy atom. The Labute approximate surface area is 207 Å². The molecule has 0 spiro atoms. The van der Waals surface area contributed by atoms with Crippen LogP contribution in [0, 0.1) is 6.92 Å². The normalized spacial score (nSPS) is 12.7. The van der Waals surface area contributed by atoms with Crippen LogP contribution in [0.15, 0.2) is 53.2 Å². The first-order valence-corrected chi connectivity index (χ1v) is 12.2. The third kappa shape index (κ3) is 3.83. The molecule has 0 aliphatic carbocycles. The highest BCUT2D eigenvalue weighted by Crippen LogP contribution is 2.41. The predicted molar refractivity (Wildman–Crippen MR) is 142 cm³/mol. The minimum Gasteiger partial charge on any atom is -0.454 e. The Hall–Kier alpha value is -3.47. The lowest BCUT2D eigenvalue weighted by atomic mass is 9.89. The van der Waals surface area contributed by atoms with E-state index in [2.05, 4.69) is 120 Å². The summed E-state index contributed by atoms with van der Waals surface area (Å²) in [5, 5.41) is 2.22. The van der Waals surface area contributed by atoms with Crippen LogP contribution < -0.4 is 4.57 Å². The molecule has 2 aromatic carbocycles. The van der Waals surface area contributed by atoms with E-state index in [9.17, 15) is 0 Å². The molecule has 5 nitrogen and oxygen atoms in total. The first-order chi connectivity index (χ1) is 16.4. The molecule has 5 rings (SSSR count). The molecular formula is C30H35N4O+. The van der Waals surface area contributed by atoms with Gasteiger partial charge in [-0.05, 0) is 24.6 Å². The first kappa shape index (κ1) is 23.3. The van der Waals surface area contributed by atoms with E-state index < -0.39 is 0 Å². The van der Waals surface area contributed by atoms with Crippen molar-refractivity contribution in [2.45, 2.75) is 59.3 Å². The molecule has 0 N–H and O–H groups in total. The van der Waals surface area contributed by atoms with Crippen molar-refractivity contribution in [3.8, 4) is 22.6 Å². The molecule has 5 heteroatoms. The molecule has 0 saturated heterocycles. The third-order valence-electron chi connectivity index (χ3n) is 6.72. The third-order valence-corrected chi connectivity index (χ3v) is 6.72. The van der Waals surface area contributed by atoms with Gasteiger partial charge in [-0.25, -0.2) is 19.1 Å². The van der Waals surface area contributed by atoms with Crippen molar-refractivity contribution in [1.29, 1.82) is 0 Å². The number of aryl methyl sites for hydroxylation is 3. The van der Waals surface area contributed by atoms with Crippen molar-refractivity contribution >= 4 is 21.9 Å². The summed E-state index contributed by atoms with van der Waals surface area (Å²) in [5.74, 6) is 1.96. The average Bonchev–Trinajstić information content (AvgIpc) is 3.32. The van der Waals surface area contributed by atoms with Crippen LogP contribution in [0.5, 0.6) is 0 Å². The average molecular weight is 468 g/mol. The van der Waals surface area contributed by atoms with Crippen molar-refractivity contribution in [2.75, 3.05) is 0 Å². The van der Waals surface area contributed by atoms with Crippen LogP contribution in [0.2, 0.25) is 0 Å². The molecule has 0 aliphatic heterocycles. The Kier molecular flexibility index (Phi) is 5.17. The van der Waals surface area contributed by atoms with Crippen LogP contribution in [0.3, 0.4) is 0 Å². The van der Waals surface area contributed by atoms with E-state index in [4.69, 9.17) is 14.4 Å². The van der Waals surface area contributed by atoms with Crippen molar-refractivity contribution in [1.82, 2.24) is 14.5 Å². The molecule has 0 atom stereocenters. The van der Waals surface area contributed by atoms with Gasteiger partial charge < -0.3 is 4.42 Å². The maximum absolute atomic E-state index is 6.75. The summed E-state index contributed by atoms with van der Waals surface area (Å²) < 4.78 is 11.0. The van der Waals surface area contributed by atoms with E-state index in [-0.39, 0.29) is 10.8 Å². The number of para-hydroxylation sites is 1. The van der Waals surface area contributed by atoms with Crippen molar-refractivity contribution in [3.05, 3.63) is 65.9 Å². The fourth-order valence-electron chi connectivity index (χ4n) is 4.69. The molecule has 0 amide bonds. The largest absolute Gasteiger partial charge is 0.454 e. The summed E-state index contributed by atoms with van der Waals surface area (Å²) in [7, 11) is 4.15. The van der Waals surface area contributed by atoms with Gasteiger partial charge in [-0.2, -0.15) is 0 Å². The van der Waals surface area contributed by atoms with E-state index in [0.29, 0.717) is 0 Å². The Morgan fingerprint density at radius 1 is 0.886 bits per heavy atom. The smallest absolute Gasteiger partial charge is 0.292 e. The van der Waals surface area contributed by atoms with Gasteiger partial charge in [0.05, 0.1) is 25.5 Å². The molecule has 0 saturated carbocycles. The topological polar surface area (TPSA) is 47.7 Å². The summed E-state index contributed by atoms with van der Waals surface area (Å²) in [4.78, 5) is 10.0. The van der Waals surface area contributed by atoms with E-state index >= 15 is 0 Å². The first-order valence-electron chi connectivity index (χ1n) is 12.2. The van der Waals surface area contributed by atoms with Crippen molar-refractivity contribution in [3.63, 3.8) is 0 Å². The van der Waals surface area contributed by atoms with Gasteiger partial charge in [0, 0.05) is 27.2 Å². The highest BCUT2D eigenvalue weighted by Gasteiger charge is 2.27. The lowest BCUT2D eigenvalue weighted by molar-refractivity contribution is -0.659. The molecule has 3 aromatic heterocycles. The zero-order chi connectivity index (χ0) is 25.3. The van der Waals surface area contributed by atoms with Crippen LogP contribution in [0.25, 0.3) is 44.6 Å². The second kappa shape index (κ2) is 7.77. The molecule has 0 unspecified atom stereocenters. The predicted octanol–water partition coefficient (Wildman–Crippen LogP) is 6.78. The molecular weight excluding hydrogens is 432 g/mol. The number of nitrogens with zero attached hydrogens (tertiary/aromatic N) is 4. The SMILES string of the molecule is Cc1ccc2c(oc3c(-c4cc(C(C)(C)C)nc(C(C)(C)C)n4)cccc32)c1-c1n(C)cc[n+]1C. The number of hydrogen-bond acceptors (Lipinski definition) is 3. The molecule has 0 radical (unpaired) electrons. The fraction of sp³-hybridized carbons (Fsp3) is 0.367. The molecule has 35 heavy (non-hydrogen) atoms. The quantitative estimate of drug-likeness (QED) is 0.269. The van der Waals surface area contributed by atoms with Crippen LogP contribution in [0.4, 0.5) is 0 Å². The summed E-state index contributed by atoms with van der Waals surface area (Å²) in [6.45, 7) is 15.2. The zero-order valence-corrected chi connectivity index (χ0v) is 22.3. The van der Waals surface area contributed by atoms with Crippen LogP contribution in [-0.2, 0) is 24.9 Å². The van der Waals surface area contributed by atoms with E-state index in [1.807, 2.05) is 0 Å². The number of hydrogen-bond donors (Lipinski definition) is 0. The highest BCUT2D eigenvalue weighted by molar-refractivity contribution is 6.12. The zero-order valence-electron chi connectivity index (χ0n) is 22.3. The second-order valence-corrected chi connectivity index (χ2v) is 11.7. The lowest BCUT2D eigenvalue weighted by Gasteiger charge is -2.23. The standard InChI is InChI=1S/C30H35N4O/c1-18-13-14-20-19-11-10-12-21(22-17-23(29(2,3)4)32-28(31-22)30(5,6)7)25(19)35-26(20)24(18)27-33(8)15-16-34(27)9/h10-17H,1-9H3/q+1. The molecule has 3 heterocycles. The van der Waals surface area contributed by atoms with Crippen LogP contribution in [-0.4, -0.2) is 14.5 Å². The monoisotopic (exact) mass is 467 g/mol. The molecule has 0 bridgehead atoms. The van der Waals surface area contributed by atoms with E-state index in [1.54, 1.807) is 0 Å². The van der Waals surface area contributed by atoms with Gasteiger partial charge >= 0.3 is 0 Å². The van der Waals surface area contributed by atoms with Crippen LogP contribution >= 0.6 is 0 Å². The molecule has 180 valence electrons. The molecule has 5 aromatic rings. The summed E-state index contributed by atoms with van der Waals surface area (Å²) >= 11 is 0. The van der Waals surface area contributed by atoms with Crippen molar-refractivity contribution in [2.24, 2.45) is 14.1 Å². The number of benzene rings is 2. The van der Waals surface area contributed by atoms with Gasteiger partial charge in [-0.1, -0.05) is 65.8 Å². The fourth-order valence-corrected chi connectivity index (χ4v) is 4.69. The van der Waals surface area contributed by atoms with E-state index in [1.165, 1.54) is 5.56 Å². The van der Waals surface area contributed by atoms with Gasteiger partial charge in [0.25, 0.3) is 5.82 Å². The van der Waals surface area contributed by atoms with Gasteiger partial charge in [-0.3, -0.25) is 0 Å². The minimum absolute atomic E-state index is 0.0922. The highest BCUT2D eigenvalue weighted by atomic mass is 16.3. The van der Waals surface area contributed by atoms with Gasteiger partial charge in [-0.15, -0.1) is 0 Å². The lowest BCUT2D eigenvalue weighted by Crippen LogP contribution is -2.29. The summed E-state index contributed by atoms with van der Waals surface area (Å²) in [6.07, 6.45) is 4.15. The number of aromatic nitrogens is 4. The second-order valence-electron chi connectivity index (χ2n) is 11.7. The molecule has 0 aliphatic rings. The van der Waals surface area contributed by atoms with Gasteiger partial charge in [0.15, 0.2) is 5.58 Å². The van der Waals surface area contributed by atoms with Crippen molar-refractivity contribution < 1.29 is 8.98 Å². The summed E-state index contributed by atoms with van der Waals surface area (Å²) in [6, 6.07) is 12.8. The Bertz CT molecular complexity index is 1540.